The topological polar surface area (TPSA) is 56.1 Å². The fraction of sp³-hybridized carbons (Fsp3) is 0.500. The number of thiophene rings is 1. The summed E-state index contributed by atoms with van der Waals surface area (Å²) >= 11 is 1.39. The summed E-state index contributed by atoms with van der Waals surface area (Å²) in [5.41, 5.74) is 0.539. The van der Waals surface area contributed by atoms with Crippen molar-refractivity contribution in [3.8, 4) is 6.07 Å². The van der Waals surface area contributed by atoms with Crippen LogP contribution in [0.1, 0.15) is 25.3 Å². The van der Waals surface area contributed by atoms with Gasteiger partial charge in [-0.25, -0.2) is 0 Å². The highest BCUT2D eigenvalue weighted by Gasteiger charge is 2.24. The molecule has 0 bridgehead atoms. The summed E-state index contributed by atoms with van der Waals surface area (Å²) in [4.78, 5) is 14.2. The molecule has 0 saturated carbocycles. The number of nitrogens with one attached hydrogen (secondary N) is 1. The first-order valence-corrected chi connectivity index (χ1v) is 6.63. The van der Waals surface area contributed by atoms with Crippen molar-refractivity contribution in [2.45, 2.75) is 25.8 Å². The van der Waals surface area contributed by atoms with Crippen molar-refractivity contribution < 1.29 is 4.79 Å². The third-order valence-corrected chi connectivity index (χ3v) is 3.92. The van der Waals surface area contributed by atoms with Crippen molar-refractivity contribution in [1.82, 2.24) is 4.90 Å². The lowest BCUT2D eigenvalue weighted by Crippen LogP contribution is -2.40. The van der Waals surface area contributed by atoms with E-state index in [-0.39, 0.29) is 11.9 Å². The zero-order chi connectivity index (χ0) is 12.3. The molecule has 0 aliphatic carbocycles. The fourth-order valence-electron chi connectivity index (χ4n) is 2.01. The van der Waals surface area contributed by atoms with Crippen LogP contribution in [0.25, 0.3) is 0 Å². The van der Waals surface area contributed by atoms with E-state index in [0.717, 1.165) is 13.1 Å². The highest BCUT2D eigenvalue weighted by atomic mass is 32.1. The van der Waals surface area contributed by atoms with Gasteiger partial charge in [0, 0.05) is 0 Å². The van der Waals surface area contributed by atoms with E-state index in [0.29, 0.717) is 10.6 Å². The fourth-order valence-corrected chi connectivity index (χ4v) is 2.75. The number of anilines is 1. The van der Waals surface area contributed by atoms with Gasteiger partial charge < -0.3 is 5.32 Å². The predicted molar refractivity (Wildman–Crippen MR) is 67.9 cm³/mol. The number of nitriles is 1. The van der Waals surface area contributed by atoms with E-state index in [1.54, 1.807) is 6.07 Å². The van der Waals surface area contributed by atoms with Gasteiger partial charge in [0.25, 0.3) is 0 Å². The summed E-state index contributed by atoms with van der Waals surface area (Å²) in [5, 5.41) is 14.2. The second-order valence-corrected chi connectivity index (χ2v) is 5.10. The summed E-state index contributed by atoms with van der Waals surface area (Å²) < 4.78 is 0. The minimum Gasteiger partial charge on any atom is -0.315 e. The molecule has 1 aromatic rings. The van der Waals surface area contributed by atoms with Crippen molar-refractivity contribution >= 4 is 22.2 Å². The Bertz CT molecular complexity index is 443. The van der Waals surface area contributed by atoms with E-state index in [9.17, 15) is 4.79 Å². The van der Waals surface area contributed by atoms with E-state index in [2.05, 4.69) is 16.3 Å². The molecule has 1 aliphatic heterocycles. The molecule has 90 valence electrons. The lowest BCUT2D eigenvalue weighted by Gasteiger charge is -2.22. The van der Waals surface area contributed by atoms with Gasteiger partial charge in [0.2, 0.25) is 5.91 Å². The standard InChI is InChI=1S/C12H15N3OS/c1-9(15-5-2-3-6-15)11(16)14-12-10(8-13)4-7-17-12/h4,7,9H,2-3,5-6H2,1H3,(H,14,16)/t9-/m0/s1. The third-order valence-electron chi connectivity index (χ3n) is 3.09. The van der Waals surface area contributed by atoms with Crippen molar-refractivity contribution in [3.05, 3.63) is 17.0 Å². The van der Waals surface area contributed by atoms with Crippen molar-refractivity contribution in [2.75, 3.05) is 18.4 Å². The van der Waals surface area contributed by atoms with Crippen LogP contribution >= 0.6 is 11.3 Å². The summed E-state index contributed by atoms with van der Waals surface area (Å²) in [6, 6.07) is 3.68. The van der Waals surface area contributed by atoms with Crippen LogP contribution in [0.5, 0.6) is 0 Å². The van der Waals surface area contributed by atoms with Crippen LogP contribution < -0.4 is 5.32 Å². The van der Waals surface area contributed by atoms with E-state index < -0.39 is 0 Å². The lowest BCUT2D eigenvalue weighted by molar-refractivity contribution is -0.120. The number of carbonyl (C=O) groups is 1. The maximum absolute atomic E-state index is 12.0. The minimum atomic E-state index is -0.119. The van der Waals surface area contributed by atoms with Crippen LogP contribution in [-0.4, -0.2) is 29.9 Å². The van der Waals surface area contributed by atoms with Gasteiger partial charge in [0.1, 0.15) is 11.1 Å². The Hall–Kier alpha value is -1.38. The Kier molecular flexibility index (Phi) is 3.77. The van der Waals surface area contributed by atoms with Crippen molar-refractivity contribution in [3.63, 3.8) is 0 Å². The monoisotopic (exact) mass is 249 g/mol. The van der Waals surface area contributed by atoms with Gasteiger partial charge in [-0.05, 0) is 44.3 Å². The van der Waals surface area contributed by atoms with Crippen LogP contribution in [0.4, 0.5) is 5.00 Å². The maximum atomic E-state index is 12.0. The molecule has 1 amide bonds. The molecule has 1 aromatic heterocycles. The molecule has 0 spiro atoms. The van der Waals surface area contributed by atoms with Crippen LogP contribution in [0.15, 0.2) is 11.4 Å². The molecule has 17 heavy (non-hydrogen) atoms. The smallest absolute Gasteiger partial charge is 0.242 e. The molecule has 2 heterocycles. The first kappa shape index (κ1) is 12.1. The van der Waals surface area contributed by atoms with E-state index in [4.69, 9.17) is 5.26 Å². The molecule has 1 fully saturated rings. The molecule has 0 radical (unpaired) electrons. The highest BCUT2D eigenvalue weighted by molar-refractivity contribution is 7.14. The maximum Gasteiger partial charge on any atom is 0.242 e. The van der Waals surface area contributed by atoms with E-state index in [1.807, 2.05) is 12.3 Å². The molecule has 1 N–H and O–H groups in total. The number of hydrogen-bond acceptors (Lipinski definition) is 4. The summed E-state index contributed by atoms with van der Waals surface area (Å²) in [7, 11) is 0. The van der Waals surface area contributed by atoms with Gasteiger partial charge in [-0.1, -0.05) is 0 Å². The minimum absolute atomic E-state index is 0.0224. The van der Waals surface area contributed by atoms with E-state index in [1.165, 1.54) is 24.2 Å². The van der Waals surface area contributed by atoms with Crippen molar-refractivity contribution in [1.29, 1.82) is 5.26 Å². The normalized spacial score (nSPS) is 17.6. The Balaban J connectivity index is 1.99. The molecule has 0 aromatic carbocycles. The summed E-state index contributed by atoms with van der Waals surface area (Å²) in [6.07, 6.45) is 2.33. The van der Waals surface area contributed by atoms with Gasteiger partial charge in [-0.15, -0.1) is 11.3 Å². The number of carbonyl (C=O) groups excluding carboxylic acids is 1. The quantitative estimate of drug-likeness (QED) is 0.892. The largest absolute Gasteiger partial charge is 0.315 e. The van der Waals surface area contributed by atoms with Gasteiger partial charge >= 0.3 is 0 Å². The molecule has 5 heteroatoms. The Morgan fingerprint density at radius 3 is 2.94 bits per heavy atom. The average Bonchev–Trinajstić information content (AvgIpc) is 2.98. The van der Waals surface area contributed by atoms with E-state index >= 15 is 0 Å². The number of rotatable bonds is 3. The van der Waals surface area contributed by atoms with Gasteiger partial charge in [-0.3, -0.25) is 9.69 Å². The summed E-state index contributed by atoms with van der Waals surface area (Å²) in [5.74, 6) is -0.0224. The van der Waals surface area contributed by atoms with Crippen LogP contribution in [0.3, 0.4) is 0 Å². The lowest BCUT2D eigenvalue weighted by atomic mass is 10.2. The van der Waals surface area contributed by atoms with Gasteiger partial charge in [0.05, 0.1) is 11.6 Å². The van der Waals surface area contributed by atoms with Gasteiger partial charge in [0.15, 0.2) is 0 Å². The second kappa shape index (κ2) is 5.30. The van der Waals surface area contributed by atoms with Gasteiger partial charge in [-0.2, -0.15) is 5.26 Å². The molecule has 1 aliphatic rings. The summed E-state index contributed by atoms with van der Waals surface area (Å²) in [6.45, 7) is 3.90. The Morgan fingerprint density at radius 2 is 2.29 bits per heavy atom. The number of hydrogen-bond donors (Lipinski definition) is 1. The average molecular weight is 249 g/mol. The Labute approximate surface area is 105 Å². The zero-order valence-corrected chi connectivity index (χ0v) is 10.6. The third kappa shape index (κ3) is 2.65. The molecule has 4 nitrogen and oxygen atoms in total. The number of amides is 1. The van der Waals surface area contributed by atoms with Crippen LogP contribution in [0, 0.1) is 11.3 Å². The molecular formula is C12H15N3OS. The van der Waals surface area contributed by atoms with Crippen LogP contribution in [-0.2, 0) is 4.79 Å². The first-order valence-electron chi connectivity index (χ1n) is 5.75. The predicted octanol–water partition coefficient (Wildman–Crippen LogP) is 2.04. The zero-order valence-electron chi connectivity index (χ0n) is 9.77. The van der Waals surface area contributed by atoms with Crippen LogP contribution in [0.2, 0.25) is 0 Å². The molecular weight excluding hydrogens is 234 g/mol. The molecule has 0 unspecified atom stereocenters. The molecule has 2 rings (SSSR count). The number of nitrogens with zero attached hydrogens (tertiary/aromatic N) is 2. The number of likely N-dealkylation sites (tertiary alicyclic amines) is 1. The SMILES string of the molecule is C[C@@H](C(=O)Nc1sccc1C#N)N1CCCC1. The molecule has 1 saturated heterocycles. The molecule has 1 atom stereocenters. The Morgan fingerprint density at radius 1 is 1.59 bits per heavy atom. The first-order chi connectivity index (χ1) is 8.22. The second-order valence-electron chi connectivity index (χ2n) is 4.18. The highest BCUT2D eigenvalue weighted by Crippen LogP contribution is 2.23. The van der Waals surface area contributed by atoms with Crippen molar-refractivity contribution in [2.24, 2.45) is 0 Å².